The SMILES string of the molecule is COc1cccc(C=Nc2ccccc2N)c1O. The highest BCUT2D eigenvalue weighted by Gasteiger charge is 2.04. The highest BCUT2D eigenvalue weighted by molar-refractivity contribution is 5.87. The fraction of sp³-hybridized carbons (Fsp3) is 0.0714. The molecular weight excluding hydrogens is 228 g/mol. The van der Waals surface area contributed by atoms with E-state index in [1.165, 1.54) is 7.11 Å². The summed E-state index contributed by atoms with van der Waals surface area (Å²) in [6.07, 6.45) is 1.56. The van der Waals surface area contributed by atoms with Crippen LogP contribution in [-0.4, -0.2) is 18.4 Å². The zero-order valence-corrected chi connectivity index (χ0v) is 10.00. The van der Waals surface area contributed by atoms with Gasteiger partial charge in [-0.05, 0) is 24.3 Å². The minimum Gasteiger partial charge on any atom is -0.504 e. The first-order valence-corrected chi connectivity index (χ1v) is 5.47. The summed E-state index contributed by atoms with van der Waals surface area (Å²) >= 11 is 0. The molecule has 2 aromatic carbocycles. The molecule has 0 radical (unpaired) electrons. The van der Waals surface area contributed by atoms with Crippen LogP contribution in [0.25, 0.3) is 0 Å². The number of phenols is 1. The molecule has 0 heterocycles. The smallest absolute Gasteiger partial charge is 0.166 e. The van der Waals surface area contributed by atoms with Crippen LogP contribution in [0.2, 0.25) is 0 Å². The summed E-state index contributed by atoms with van der Waals surface area (Å²) in [6, 6.07) is 12.5. The topological polar surface area (TPSA) is 67.8 Å². The first-order chi connectivity index (χ1) is 8.72. The summed E-state index contributed by atoms with van der Waals surface area (Å²) in [5.74, 6) is 0.484. The minimum absolute atomic E-state index is 0.0678. The second kappa shape index (κ2) is 5.23. The van der Waals surface area contributed by atoms with Crippen molar-refractivity contribution >= 4 is 17.6 Å². The summed E-state index contributed by atoms with van der Waals surface area (Å²) in [6.45, 7) is 0. The normalized spacial score (nSPS) is 10.7. The van der Waals surface area contributed by atoms with Crippen LogP contribution in [0.3, 0.4) is 0 Å². The summed E-state index contributed by atoms with van der Waals surface area (Å²) < 4.78 is 5.03. The number of phenolic OH excluding ortho intramolecular Hbond substituents is 1. The molecule has 0 atom stereocenters. The number of para-hydroxylation sites is 3. The van der Waals surface area contributed by atoms with E-state index in [0.29, 0.717) is 22.7 Å². The lowest BCUT2D eigenvalue weighted by Crippen LogP contribution is -1.89. The number of methoxy groups -OCH3 is 1. The van der Waals surface area contributed by atoms with Crippen molar-refractivity contribution in [2.75, 3.05) is 12.8 Å². The molecule has 0 fully saturated rings. The van der Waals surface area contributed by atoms with E-state index in [9.17, 15) is 5.11 Å². The Hall–Kier alpha value is -2.49. The number of rotatable bonds is 3. The Bertz CT molecular complexity index is 580. The van der Waals surface area contributed by atoms with Gasteiger partial charge in [-0.15, -0.1) is 0 Å². The predicted molar refractivity (Wildman–Crippen MR) is 72.8 cm³/mol. The van der Waals surface area contributed by atoms with Gasteiger partial charge in [0.25, 0.3) is 0 Å². The third kappa shape index (κ3) is 2.43. The zero-order valence-electron chi connectivity index (χ0n) is 10.00. The van der Waals surface area contributed by atoms with E-state index in [2.05, 4.69) is 4.99 Å². The van der Waals surface area contributed by atoms with Crippen molar-refractivity contribution in [2.45, 2.75) is 0 Å². The Morgan fingerprint density at radius 2 is 1.94 bits per heavy atom. The molecule has 0 aromatic heterocycles. The molecule has 0 spiro atoms. The van der Waals surface area contributed by atoms with E-state index in [-0.39, 0.29) is 5.75 Å². The Labute approximate surface area is 105 Å². The van der Waals surface area contributed by atoms with Crippen LogP contribution in [0.5, 0.6) is 11.5 Å². The maximum Gasteiger partial charge on any atom is 0.166 e. The van der Waals surface area contributed by atoms with Crippen molar-refractivity contribution in [2.24, 2.45) is 4.99 Å². The summed E-state index contributed by atoms with van der Waals surface area (Å²) in [7, 11) is 1.51. The summed E-state index contributed by atoms with van der Waals surface area (Å²) in [5, 5.41) is 9.89. The van der Waals surface area contributed by atoms with Gasteiger partial charge in [-0.3, -0.25) is 4.99 Å². The molecule has 0 amide bonds. The largest absolute Gasteiger partial charge is 0.504 e. The average molecular weight is 242 g/mol. The minimum atomic E-state index is 0.0678. The number of aliphatic imine (C=N–C) groups is 1. The Kier molecular flexibility index (Phi) is 3.48. The van der Waals surface area contributed by atoms with Crippen LogP contribution in [0.4, 0.5) is 11.4 Å². The third-order valence-corrected chi connectivity index (χ3v) is 2.53. The monoisotopic (exact) mass is 242 g/mol. The van der Waals surface area contributed by atoms with Crippen molar-refractivity contribution < 1.29 is 9.84 Å². The lowest BCUT2D eigenvalue weighted by atomic mass is 10.2. The van der Waals surface area contributed by atoms with Crippen LogP contribution in [0, 0.1) is 0 Å². The van der Waals surface area contributed by atoms with E-state index >= 15 is 0 Å². The lowest BCUT2D eigenvalue weighted by molar-refractivity contribution is 0.373. The standard InChI is InChI=1S/C14H14N2O2/c1-18-13-8-4-5-10(14(13)17)9-16-12-7-3-2-6-11(12)15/h2-9,17H,15H2,1H3. The average Bonchev–Trinajstić information content (AvgIpc) is 2.39. The van der Waals surface area contributed by atoms with Gasteiger partial charge in [0.05, 0.1) is 18.5 Å². The van der Waals surface area contributed by atoms with E-state index in [4.69, 9.17) is 10.5 Å². The first kappa shape index (κ1) is 12.0. The van der Waals surface area contributed by atoms with Crippen LogP contribution in [0.1, 0.15) is 5.56 Å². The lowest BCUT2D eigenvalue weighted by Gasteiger charge is -2.05. The van der Waals surface area contributed by atoms with Gasteiger partial charge in [0.15, 0.2) is 11.5 Å². The van der Waals surface area contributed by atoms with Gasteiger partial charge >= 0.3 is 0 Å². The van der Waals surface area contributed by atoms with Crippen molar-refractivity contribution in [1.29, 1.82) is 0 Å². The summed E-state index contributed by atoms with van der Waals surface area (Å²) in [5.41, 5.74) is 7.62. The second-order valence-corrected chi connectivity index (χ2v) is 3.72. The van der Waals surface area contributed by atoms with Gasteiger partial charge in [0, 0.05) is 11.8 Å². The maximum absolute atomic E-state index is 9.89. The molecule has 0 aliphatic heterocycles. The van der Waals surface area contributed by atoms with E-state index in [0.717, 1.165) is 0 Å². The number of aromatic hydroxyl groups is 1. The van der Waals surface area contributed by atoms with Gasteiger partial charge < -0.3 is 15.6 Å². The molecule has 0 saturated carbocycles. The molecule has 92 valence electrons. The maximum atomic E-state index is 9.89. The molecule has 0 bridgehead atoms. The number of hydrogen-bond acceptors (Lipinski definition) is 4. The number of nitrogens with two attached hydrogens (primary N) is 1. The van der Waals surface area contributed by atoms with E-state index in [1.54, 1.807) is 30.5 Å². The number of benzene rings is 2. The second-order valence-electron chi connectivity index (χ2n) is 3.72. The van der Waals surface area contributed by atoms with Crippen molar-refractivity contribution in [1.82, 2.24) is 0 Å². The van der Waals surface area contributed by atoms with E-state index < -0.39 is 0 Å². The zero-order chi connectivity index (χ0) is 13.0. The fourth-order valence-corrected chi connectivity index (χ4v) is 1.55. The Morgan fingerprint density at radius 1 is 1.17 bits per heavy atom. The highest BCUT2D eigenvalue weighted by atomic mass is 16.5. The van der Waals surface area contributed by atoms with E-state index in [1.807, 2.05) is 18.2 Å². The van der Waals surface area contributed by atoms with Crippen LogP contribution in [-0.2, 0) is 0 Å². The molecule has 2 aromatic rings. The summed E-state index contributed by atoms with van der Waals surface area (Å²) in [4.78, 5) is 4.25. The van der Waals surface area contributed by atoms with Crippen LogP contribution >= 0.6 is 0 Å². The molecule has 0 saturated heterocycles. The molecule has 0 aliphatic rings. The number of nitrogens with zero attached hydrogens (tertiary/aromatic N) is 1. The molecule has 0 unspecified atom stereocenters. The molecule has 0 aliphatic carbocycles. The van der Waals surface area contributed by atoms with Crippen LogP contribution in [0.15, 0.2) is 47.5 Å². The van der Waals surface area contributed by atoms with Gasteiger partial charge in [0.1, 0.15) is 0 Å². The first-order valence-electron chi connectivity index (χ1n) is 5.47. The van der Waals surface area contributed by atoms with Crippen LogP contribution < -0.4 is 10.5 Å². The molecule has 2 rings (SSSR count). The van der Waals surface area contributed by atoms with Gasteiger partial charge in [-0.2, -0.15) is 0 Å². The molecular formula is C14H14N2O2. The molecule has 4 heteroatoms. The Balaban J connectivity index is 2.32. The van der Waals surface area contributed by atoms with Gasteiger partial charge in [0.2, 0.25) is 0 Å². The predicted octanol–water partition coefficient (Wildman–Crippen LogP) is 2.73. The number of ether oxygens (including phenoxy) is 1. The highest BCUT2D eigenvalue weighted by Crippen LogP contribution is 2.29. The van der Waals surface area contributed by atoms with Gasteiger partial charge in [-0.1, -0.05) is 18.2 Å². The quantitative estimate of drug-likeness (QED) is 0.642. The molecule has 18 heavy (non-hydrogen) atoms. The number of anilines is 1. The molecule has 4 nitrogen and oxygen atoms in total. The van der Waals surface area contributed by atoms with Crippen molar-refractivity contribution in [3.63, 3.8) is 0 Å². The van der Waals surface area contributed by atoms with Crippen molar-refractivity contribution in [3.8, 4) is 11.5 Å². The van der Waals surface area contributed by atoms with Crippen molar-refractivity contribution in [3.05, 3.63) is 48.0 Å². The Morgan fingerprint density at radius 3 is 2.67 bits per heavy atom. The number of nitrogen functional groups attached to an aromatic ring is 1. The third-order valence-electron chi connectivity index (χ3n) is 2.53. The fourth-order valence-electron chi connectivity index (χ4n) is 1.55. The number of hydrogen-bond donors (Lipinski definition) is 2. The molecule has 3 N–H and O–H groups in total. The van der Waals surface area contributed by atoms with Gasteiger partial charge in [-0.25, -0.2) is 0 Å².